The van der Waals surface area contributed by atoms with E-state index in [-0.39, 0.29) is 24.3 Å². The van der Waals surface area contributed by atoms with Gasteiger partial charge in [-0.2, -0.15) is 0 Å². The number of aliphatic hydroxyl groups is 1. The van der Waals surface area contributed by atoms with Crippen LogP contribution >= 0.6 is 0 Å². The van der Waals surface area contributed by atoms with Crippen molar-refractivity contribution in [1.29, 1.82) is 0 Å². The van der Waals surface area contributed by atoms with Crippen molar-refractivity contribution in [2.45, 2.75) is 11.6 Å². The Balaban J connectivity index is 1.70. The smallest absolute Gasteiger partial charge is 0.325 e. The average Bonchev–Trinajstić information content (AvgIpc) is 3.21. The van der Waals surface area contributed by atoms with Crippen LogP contribution in [0.1, 0.15) is 21.8 Å². The molecule has 3 N–H and O–H groups in total. The number of amides is 1. The largest absolute Gasteiger partial charge is 0.393 e. The van der Waals surface area contributed by atoms with Gasteiger partial charge in [0.1, 0.15) is 0 Å². The summed E-state index contributed by atoms with van der Waals surface area (Å²) in [5.41, 5.74) is -0.857. The van der Waals surface area contributed by atoms with E-state index in [1.165, 1.54) is 17.2 Å². The number of nitrogens with zero attached hydrogens (tertiary/aromatic N) is 2. The van der Waals surface area contributed by atoms with Crippen LogP contribution in [0.3, 0.4) is 0 Å². The molecule has 7 nitrogen and oxygen atoms in total. The van der Waals surface area contributed by atoms with E-state index in [2.05, 4.69) is 15.0 Å². The molecule has 0 bridgehead atoms. The summed E-state index contributed by atoms with van der Waals surface area (Å²) >= 11 is 0. The number of imidazole rings is 1. The van der Waals surface area contributed by atoms with Crippen LogP contribution in [0.4, 0.5) is 4.39 Å². The molecule has 8 heteroatoms. The first kappa shape index (κ1) is 16.5. The summed E-state index contributed by atoms with van der Waals surface area (Å²) in [7, 11) is 0. The fourth-order valence-electron chi connectivity index (χ4n) is 3.56. The summed E-state index contributed by atoms with van der Waals surface area (Å²) in [6.45, 7) is -0.762. The summed E-state index contributed by atoms with van der Waals surface area (Å²) in [6.07, 6.45) is 1.42. The Hall–Kier alpha value is -3.00. The predicted molar refractivity (Wildman–Crippen MR) is 92.7 cm³/mol. The Bertz CT molecular complexity index is 1020. The number of nitrogens with one attached hydrogen (secondary N) is 2. The number of aromatic nitrogens is 3. The van der Waals surface area contributed by atoms with E-state index in [1.54, 1.807) is 24.3 Å². The molecule has 3 heterocycles. The molecule has 0 saturated carbocycles. The van der Waals surface area contributed by atoms with Gasteiger partial charge in [-0.25, -0.2) is 14.2 Å². The molecular formula is C18H17FN4O3. The van der Waals surface area contributed by atoms with E-state index in [4.69, 9.17) is 0 Å². The van der Waals surface area contributed by atoms with Crippen LogP contribution in [0, 0.1) is 0 Å². The third kappa shape index (κ3) is 2.59. The Morgan fingerprint density at radius 2 is 2.08 bits per heavy atom. The van der Waals surface area contributed by atoms with Crippen molar-refractivity contribution in [3.05, 3.63) is 64.2 Å². The van der Waals surface area contributed by atoms with Gasteiger partial charge < -0.3 is 15.0 Å². The van der Waals surface area contributed by atoms with E-state index in [0.717, 1.165) is 5.56 Å². The Morgan fingerprint density at radius 1 is 1.31 bits per heavy atom. The van der Waals surface area contributed by atoms with Crippen LogP contribution < -0.4 is 5.69 Å². The molecule has 1 saturated heterocycles. The van der Waals surface area contributed by atoms with Crippen LogP contribution in [-0.2, 0) is 0 Å². The molecule has 2 unspecified atom stereocenters. The summed E-state index contributed by atoms with van der Waals surface area (Å²) in [5, 5.41) is 9.63. The van der Waals surface area contributed by atoms with Gasteiger partial charge in [0.2, 0.25) is 0 Å². The van der Waals surface area contributed by atoms with E-state index < -0.39 is 29.8 Å². The number of pyridine rings is 1. The minimum atomic E-state index is -1.92. The molecule has 1 amide bonds. The predicted octanol–water partition coefficient (Wildman–Crippen LogP) is 1.19. The second-order valence-electron chi connectivity index (χ2n) is 6.50. The van der Waals surface area contributed by atoms with Crippen molar-refractivity contribution in [1.82, 2.24) is 19.9 Å². The number of aliphatic hydroxyl groups excluding tert-OH is 1. The van der Waals surface area contributed by atoms with Crippen LogP contribution in [-0.4, -0.2) is 56.2 Å². The minimum Gasteiger partial charge on any atom is -0.393 e. The number of halogens is 1. The molecule has 1 aromatic carbocycles. The zero-order valence-corrected chi connectivity index (χ0v) is 13.8. The molecule has 1 aliphatic rings. The van der Waals surface area contributed by atoms with Gasteiger partial charge in [-0.15, -0.1) is 0 Å². The number of alkyl halides is 1. The zero-order valence-electron chi connectivity index (χ0n) is 13.8. The number of H-pyrrole nitrogens is 2. The molecule has 0 radical (unpaired) electrons. The third-order valence-electron chi connectivity index (χ3n) is 4.89. The van der Waals surface area contributed by atoms with Gasteiger partial charge in [-0.05, 0) is 11.6 Å². The third-order valence-corrected chi connectivity index (χ3v) is 4.89. The lowest BCUT2D eigenvalue weighted by molar-refractivity contribution is 0.0576. The van der Waals surface area contributed by atoms with Crippen molar-refractivity contribution in [3.8, 4) is 0 Å². The highest BCUT2D eigenvalue weighted by molar-refractivity contribution is 6.04. The molecule has 2 atom stereocenters. The van der Waals surface area contributed by atoms with Crippen LogP contribution in [0.2, 0.25) is 0 Å². The fraction of sp³-hybridized carbons (Fsp3) is 0.278. The number of carbonyl (C=O) groups excluding carboxylic acids is 1. The first-order valence-electron chi connectivity index (χ1n) is 8.23. The lowest BCUT2D eigenvalue weighted by Gasteiger charge is -2.23. The van der Waals surface area contributed by atoms with Crippen LogP contribution in [0.5, 0.6) is 0 Å². The number of aromatic amines is 2. The van der Waals surface area contributed by atoms with E-state index in [1.807, 2.05) is 6.07 Å². The van der Waals surface area contributed by atoms with Crippen LogP contribution in [0.15, 0.2) is 47.4 Å². The van der Waals surface area contributed by atoms with Gasteiger partial charge >= 0.3 is 5.69 Å². The molecule has 4 rings (SSSR count). The standard InChI is InChI=1S/C18H17FN4O3/c19-18(10-24)9-23(8-13(18)11-4-2-1-3-5-11)16(25)12-6-7-20-15-14(12)21-17(26)22-15/h1-7,13,24H,8-10H2,(H2,20,21,22,26). The average molecular weight is 356 g/mol. The van der Waals surface area contributed by atoms with E-state index in [9.17, 15) is 14.7 Å². The first-order valence-corrected chi connectivity index (χ1v) is 8.23. The number of fused-ring (bicyclic) bond motifs is 1. The zero-order chi connectivity index (χ0) is 18.3. The fourth-order valence-corrected chi connectivity index (χ4v) is 3.56. The Kier molecular flexibility index (Phi) is 3.84. The monoisotopic (exact) mass is 356 g/mol. The first-order chi connectivity index (χ1) is 12.5. The summed E-state index contributed by atoms with van der Waals surface area (Å²) in [5.74, 6) is -1.04. The number of hydrogen-bond acceptors (Lipinski definition) is 4. The number of benzene rings is 1. The SMILES string of the molecule is O=C(c1ccnc2[nH]c(=O)[nH]c12)N1CC(c2ccccc2)C(F)(CO)C1. The number of hydrogen-bond donors (Lipinski definition) is 3. The molecular weight excluding hydrogens is 339 g/mol. The second kappa shape index (κ2) is 6.06. The van der Waals surface area contributed by atoms with Crippen molar-refractivity contribution < 1.29 is 14.3 Å². The van der Waals surface area contributed by atoms with Crippen LogP contribution in [0.25, 0.3) is 11.2 Å². The molecule has 1 aliphatic heterocycles. The highest BCUT2D eigenvalue weighted by Gasteiger charge is 2.49. The van der Waals surface area contributed by atoms with Crippen molar-refractivity contribution in [2.75, 3.05) is 19.7 Å². The second-order valence-corrected chi connectivity index (χ2v) is 6.50. The van der Waals surface area contributed by atoms with Gasteiger partial charge in [0, 0.05) is 18.7 Å². The lowest BCUT2D eigenvalue weighted by atomic mass is 9.87. The van der Waals surface area contributed by atoms with Gasteiger partial charge in [0.25, 0.3) is 5.91 Å². The maximum Gasteiger partial charge on any atom is 0.325 e. The minimum absolute atomic E-state index is 0.137. The summed E-state index contributed by atoms with van der Waals surface area (Å²) in [6, 6.07) is 10.5. The number of carbonyl (C=O) groups is 1. The molecule has 0 spiro atoms. The van der Waals surface area contributed by atoms with Gasteiger partial charge in [-0.3, -0.25) is 9.78 Å². The summed E-state index contributed by atoms with van der Waals surface area (Å²) in [4.78, 5) is 34.9. The summed E-state index contributed by atoms with van der Waals surface area (Å²) < 4.78 is 15.3. The van der Waals surface area contributed by atoms with E-state index >= 15 is 4.39 Å². The number of likely N-dealkylation sites (tertiary alicyclic amines) is 1. The highest BCUT2D eigenvalue weighted by Crippen LogP contribution is 2.39. The highest BCUT2D eigenvalue weighted by atomic mass is 19.1. The molecule has 1 fully saturated rings. The Morgan fingerprint density at radius 3 is 2.81 bits per heavy atom. The molecule has 26 heavy (non-hydrogen) atoms. The van der Waals surface area contributed by atoms with Gasteiger partial charge in [0.15, 0.2) is 11.3 Å². The quantitative estimate of drug-likeness (QED) is 0.656. The number of rotatable bonds is 3. The van der Waals surface area contributed by atoms with Crippen molar-refractivity contribution >= 4 is 17.1 Å². The molecule has 134 valence electrons. The topological polar surface area (TPSA) is 102 Å². The lowest BCUT2D eigenvalue weighted by Crippen LogP contribution is -2.37. The molecule has 0 aliphatic carbocycles. The van der Waals surface area contributed by atoms with E-state index in [0.29, 0.717) is 5.52 Å². The molecule has 2 aromatic heterocycles. The van der Waals surface area contributed by atoms with Gasteiger partial charge in [-0.1, -0.05) is 30.3 Å². The maximum atomic E-state index is 15.3. The van der Waals surface area contributed by atoms with Crippen molar-refractivity contribution in [2.24, 2.45) is 0 Å². The van der Waals surface area contributed by atoms with Gasteiger partial charge in [0.05, 0.1) is 24.2 Å². The van der Waals surface area contributed by atoms with Crippen molar-refractivity contribution in [3.63, 3.8) is 0 Å². The normalized spacial score (nSPS) is 22.8. The molecule has 3 aromatic rings. The maximum absolute atomic E-state index is 15.3. The Labute approximate surface area is 147 Å².